The van der Waals surface area contributed by atoms with Gasteiger partial charge in [0.05, 0.1) is 20.8 Å². The van der Waals surface area contributed by atoms with E-state index in [2.05, 4.69) is 17.2 Å². The normalized spacial score (nSPS) is 16.9. The number of nitrogens with zero attached hydrogens (tertiary/aromatic N) is 2. The van der Waals surface area contributed by atoms with E-state index in [1.54, 1.807) is 21.1 Å². The SMILES string of the molecule is CCCCCCCCCCCCCCCCCCCCCCOC1C(OC(=O)CC)[C@@H](COC(c2ccccc2)(c2ccc(OC)cc2)c2ccc(OC)cc2)O[C@H]1n1ccc(NC(C)=O)nc1=O. The van der Waals surface area contributed by atoms with Crippen molar-refractivity contribution in [1.82, 2.24) is 9.55 Å². The van der Waals surface area contributed by atoms with Crippen LogP contribution in [0.2, 0.25) is 0 Å². The zero-order valence-electron chi connectivity index (χ0n) is 42.3. The molecule has 3 aromatic carbocycles. The first-order valence-electron chi connectivity index (χ1n) is 26.1. The van der Waals surface area contributed by atoms with E-state index in [4.69, 9.17) is 28.4 Å². The standard InChI is InChI=1S/C57H81N3O9/c1-6-8-9-10-11-12-13-14-15-16-17-18-19-20-21-22-23-24-25-29-42-66-54-53(69-52(62)7-2)50(68-55(54)60-41-40-51(58-44(3)61)59-56(60)63)43-67-57(45-30-27-26-28-31-45,46-32-36-48(64-4)37-33-46)47-34-38-49(65-5)39-35-47/h26-28,30-41,50,53-55H,6-25,29,42-43H2,1-5H3,(H,58,59,61,63)/t50-,53?,54?,55-/m1/s1. The molecule has 1 saturated heterocycles. The quantitative estimate of drug-likeness (QED) is 0.0274. The maximum Gasteiger partial charge on any atom is 0.351 e. The summed E-state index contributed by atoms with van der Waals surface area (Å²) in [5, 5.41) is 2.58. The van der Waals surface area contributed by atoms with Crippen molar-refractivity contribution < 1.29 is 38.0 Å². The Balaban J connectivity index is 1.25. The number of carbonyl (C=O) groups is 2. The first kappa shape index (κ1) is 54.9. The van der Waals surface area contributed by atoms with Crippen molar-refractivity contribution in [3.63, 3.8) is 0 Å². The predicted molar refractivity (Wildman–Crippen MR) is 273 cm³/mol. The highest BCUT2D eigenvalue weighted by Gasteiger charge is 2.51. The van der Waals surface area contributed by atoms with Gasteiger partial charge in [0.2, 0.25) is 5.91 Å². The van der Waals surface area contributed by atoms with Crippen LogP contribution in [0.15, 0.2) is 95.9 Å². The summed E-state index contributed by atoms with van der Waals surface area (Å²) in [4.78, 5) is 42.9. The van der Waals surface area contributed by atoms with Crippen LogP contribution in [0.5, 0.6) is 11.5 Å². The van der Waals surface area contributed by atoms with Gasteiger partial charge in [-0.25, -0.2) is 4.79 Å². The maximum absolute atomic E-state index is 13.7. The minimum Gasteiger partial charge on any atom is -0.497 e. The summed E-state index contributed by atoms with van der Waals surface area (Å²) in [6.45, 7) is 5.66. The molecule has 1 aliphatic rings. The number of methoxy groups -OCH3 is 2. The van der Waals surface area contributed by atoms with Crippen LogP contribution in [0, 0.1) is 0 Å². The highest BCUT2D eigenvalue weighted by Crippen LogP contribution is 2.43. The van der Waals surface area contributed by atoms with Gasteiger partial charge < -0.3 is 33.7 Å². The topological polar surface area (TPSA) is 136 Å². The molecule has 12 nitrogen and oxygen atoms in total. The molecule has 5 rings (SSSR count). The van der Waals surface area contributed by atoms with Crippen LogP contribution in [-0.2, 0) is 34.1 Å². The zero-order chi connectivity index (χ0) is 49.1. The van der Waals surface area contributed by atoms with Crippen molar-refractivity contribution in [3.05, 3.63) is 118 Å². The van der Waals surface area contributed by atoms with Crippen LogP contribution in [0.3, 0.4) is 0 Å². The zero-order valence-corrected chi connectivity index (χ0v) is 42.3. The molecule has 1 fully saturated rings. The lowest BCUT2D eigenvalue weighted by atomic mass is 9.80. The smallest absolute Gasteiger partial charge is 0.351 e. The van der Waals surface area contributed by atoms with Gasteiger partial charge in [0, 0.05) is 26.1 Å². The van der Waals surface area contributed by atoms with E-state index in [9.17, 15) is 14.4 Å². The number of benzene rings is 3. The Hall–Kier alpha value is -5.04. The Morgan fingerprint density at radius 1 is 0.638 bits per heavy atom. The first-order valence-corrected chi connectivity index (χ1v) is 26.1. The number of carbonyl (C=O) groups excluding carboxylic acids is 2. The van der Waals surface area contributed by atoms with Gasteiger partial charge in [0.25, 0.3) is 0 Å². The van der Waals surface area contributed by atoms with Gasteiger partial charge in [0.1, 0.15) is 35.1 Å². The minimum atomic E-state index is -1.19. The van der Waals surface area contributed by atoms with Crippen molar-refractivity contribution in [2.24, 2.45) is 0 Å². The van der Waals surface area contributed by atoms with Crippen LogP contribution in [0.1, 0.15) is 179 Å². The highest BCUT2D eigenvalue weighted by molar-refractivity contribution is 5.87. The largest absolute Gasteiger partial charge is 0.497 e. The molecular weight excluding hydrogens is 871 g/mol. The van der Waals surface area contributed by atoms with Gasteiger partial charge >= 0.3 is 11.7 Å². The van der Waals surface area contributed by atoms with Gasteiger partial charge in [-0.3, -0.25) is 14.2 Å². The lowest BCUT2D eigenvalue weighted by molar-refractivity contribution is -0.160. The Kier molecular flexibility index (Phi) is 24.3. The molecule has 69 heavy (non-hydrogen) atoms. The minimum absolute atomic E-state index is 0.0730. The molecule has 1 aromatic heterocycles. The Morgan fingerprint density at radius 2 is 1.12 bits per heavy atom. The van der Waals surface area contributed by atoms with E-state index < -0.39 is 41.8 Å². The van der Waals surface area contributed by atoms with Crippen LogP contribution < -0.4 is 20.5 Å². The molecule has 1 N–H and O–H groups in total. The summed E-state index contributed by atoms with van der Waals surface area (Å²) in [5.74, 6) is 0.699. The van der Waals surface area contributed by atoms with Crippen molar-refractivity contribution in [1.29, 1.82) is 0 Å². The lowest BCUT2D eigenvalue weighted by Gasteiger charge is -2.37. The van der Waals surface area contributed by atoms with Crippen LogP contribution >= 0.6 is 0 Å². The molecule has 4 atom stereocenters. The van der Waals surface area contributed by atoms with E-state index in [1.807, 2.05) is 78.9 Å². The summed E-state index contributed by atoms with van der Waals surface area (Å²) in [7, 11) is 3.25. The first-order chi connectivity index (χ1) is 33.7. The summed E-state index contributed by atoms with van der Waals surface area (Å²) in [6.07, 6.45) is 23.7. The van der Waals surface area contributed by atoms with Gasteiger partial charge in [-0.1, -0.05) is 190 Å². The summed E-state index contributed by atoms with van der Waals surface area (Å²) < 4.78 is 39.2. The lowest BCUT2D eigenvalue weighted by Crippen LogP contribution is -2.43. The van der Waals surface area contributed by atoms with E-state index in [0.717, 1.165) is 36.0 Å². The third kappa shape index (κ3) is 17.1. The number of nitrogens with one attached hydrogen (secondary N) is 1. The van der Waals surface area contributed by atoms with Crippen molar-refractivity contribution in [2.45, 2.75) is 186 Å². The fourth-order valence-electron chi connectivity index (χ4n) is 9.34. The molecule has 0 radical (unpaired) electrons. The Labute approximate surface area is 412 Å². The van der Waals surface area contributed by atoms with Gasteiger partial charge in [-0.2, -0.15) is 4.98 Å². The number of rotatable bonds is 34. The maximum atomic E-state index is 13.7. The number of unbranched alkanes of at least 4 members (excludes halogenated alkanes) is 19. The number of ether oxygens (including phenoxy) is 6. The fraction of sp³-hybridized carbons (Fsp3) is 0.579. The molecule has 0 bridgehead atoms. The molecule has 2 heterocycles. The predicted octanol–water partition coefficient (Wildman–Crippen LogP) is 12.7. The van der Waals surface area contributed by atoms with E-state index >= 15 is 0 Å². The number of amides is 1. The molecule has 4 aromatic rings. The Bertz CT molecular complexity index is 2060. The monoisotopic (exact) mass is 952 g/mol. The summed E-state index contributed by atoms with van der Waals surface area (Å²) in [5.41, 5.74) is 0.631. The number of hydrogen-bond donors (Lipinski definition) is 1. The van der Waals surface area contributed by atoms with Crippen molar-refractivity contribution in [2.75, 3.05) is 32.8 Å². The summed E-state index contributed by atoms with van der Waals surface area (Å²) >= 11 is 0. The molecule has 378 valence electrons. The van der Waals surface area contributed by atoms with Crippen LogP contribution in [0.25, 0.3) is 0 Å². The van der Waals surface area contributed by atoms with Crippen molar-refractivity contribution in [3.8, 4) is 11.5 Å². The third-order valence-electron chi connectivity index (χ3n) is 13.2. The molecular formula is C57H81N3O9. The van der Waals surface area contributed by atoms with E-state index in [-0.39, 0.29) is 24.8 Å². The molecule has 0 aliphatic carbocycles. The van der Waals surface area contributed by atoms with Crippen molar-refractivity contribution >= 4 is 17.7 Å². The average molecular weight is 952 g/mol. The number of esters is 1. The molecule has 0 saturated carbocycles. The molecule has 1 amide bonds. The summed E-state index contributed by atoms with van der Waals surface area (Å²) in [6, 6.07) is 26.9. The van der Waals surface area contributed by atoms with Crippen LogP contribution in [0.4, 0.5) is 5.82 Å². The number of anilines is 1. The third-order valence-corrected chi connectivity index (χ3v) is 13.2. The highest BCUT2D eigenvalue weighted by atomic mass is 16.6. The fourth-order valence-corrected chi connectivity index (χ4v) is 9.34. The van der Waals surface area contributed by atoms with Gasteiger partial charge in [-0.05, 0) is 53.4 Å². The second-order valence-corrected chi connectivity index (χ2v) is 18.4. The van der Waals surface area contributed by atoms with Gasteiger partial charge in [-0.15, -0.1) is 0 Å². The Morgan fingerprint density at radius 3 is 1.57 bits per heavy atom. The second kappa shape index (κ2) is 30.5. The molecule has 12 heteroatoms. The van der Waals surface area contributed by atoms with Gasteiger partial charge in [0.15, 0.2) is 12.3 Å². The van der Waals surface area contributed by atoms with E-state index in [0.29, 0.717) is 18.1 Å². The molecule has 2 unspecified atom stereocenters. The number of aromatic nitrogens is 2. The van der Waals surface area contributed by atoms with Crippen LogP contribution in [-0.4, -0.2) is 67.2 Å². The number of hydrogen-bond acceptors (Lipinski definition) is 10. The second-order valence-electron chi connectivity index (χ2n) is 18.4. The van der Waals surface area contributed by atoms with E-state index in [1.165, 1.54) is 133 Å². The molecule has 0 spiro atoms. The molecule has 1 aliphatic heterocycles. The average Bonchev–Trinajstić information content (AvgIpc) is 3.70.